The molecule has 82 valence electrons. The normalized spacial score (nSPS) is 16.4. The number of nitrogens with one attached hydrogen (secondary N) is 1. The van der Waals surface area contributed by atoms with Crippen LogP contribution in [0.15, 0.2) is 4.47 Å². The van der Waals surface area contributed by atoms with Crippen LogP contribution in [0.2, 0.25) is 0 Å². The highest BCUT2D eigenvalue weighted by Crippen LogP contribution is 2.35. The molecule has 1 saturated carbocycles. The molecule has 0 aliphatic heterocycles. The van der Waals surface area contributed by atoms with Crippen LogP contribution in [-0.2, 0) is 6.42 Å². The van der Waals surface area contributed by atoms with E-state index < -0.39 is 0 Å². The van der Waals surface area contributed by atoms with Crippen molar-refractivity contribution in [1.82, 2.24) is 9.97 Å². The van der Waals surface area contributed by atoms with Gasteiger partial charge in [-0.3, -0.25) is 0 Å². The molecule has 1 heterocycles. The van der Waals surface area contributed by atoms with E-state index in [0.29, 0.717) is 10.6 Å². The van der Waals surface area contributed by atoms with E-state index >= 15 is 0 Å². The maximum absolute atomic E-state index is 5.26. The summed E-state index contributed by atoms with van der Waals surface area (Å²) < 4.78 is 1.68. The molecule has 0 unspecified atom stereocenters. The third kappa shape index (κ3) is 2.31. The molecular weight excluding hydrogens is 272 g/mol. The number of H-pyrrole nitrogens is 1. The number of aromatic amines is 1. The fourth-order valence-corrected chi connectivity index (χ4v) is 2.43. The molecule has 4 heteroatoms. The van der Waals surface area contributed by atoms with Gasteiger partial charge in [0.15, 0.2) is 0 Å². The molecule has 15 heavy (non-hydrogen) atoms. The molecule has 0 saturated heterocycles. The van der Waals surface area contributed by atoms with Crippen LogP contribution >= 0.6 is 28.1 Å². The van der Waals surface area contributed by atoms with Gasteiger partial charge in [0.1, 0.15) is 10.5 Å². The second kappa shape index (κ2) is 4.74. The van der Waals surface area contributed by atoms with E-state index in [0.717, 1.165) is 23.1 Å². The van der Waals surface area contributed by atoms with E-state index in [2.05, 4.69) is 32.8 Å². The largest absolute Gasteiger partial charge is 0.346 e. The zero-order valence-corrected chi connectivity index (χ0v) is 11.2. The first-order valence-electron chi connectivity index (χ1n) is 5.51. The van der Waals surface area contributed by atoms with Gasteiger partial charge >= 0.3 is 0 Å². The van der Waals surface area contributed by atoms with Gasteiger partial charge in [-0.25, -0.2) is 4.98 Å². The van der Waals surface area contributed by atoms with E-state index in [1.807, 2.05) is 0 Å². The standard InChI is InChI=1S/C11H15BrN2S/c1-2-4-8-9(12)11(15)14-10(13-8)7-5-3-6-7/h7H,2-6H2,1H3,(H,13,14,15). The van der Waals surface area contributed by atoms with Crippen molar-refractivity contribution < 1.29 is 0 Å². The number of hydrogen-bond donors (Lipinski definition) is 1. The Labute approximate surface area is 104 Å². The van der Waals surface area contributed by atoms with Gasteiger partial charge in [0.25, 0.3) is 0 Å². The average molecular weight is 287 g/mol. The third-order valence-corrected chi connectivity index (χ3v) is 4.36. The first-order valence-corrected chi connectivity index (χ1v) is 6.71. The van der Waals surface area contributed by atoms with Crippen LogP contribution in [0, 0.1) is 4.64 Å². The lowest BCUT2D eigenvalue weighted by Crippen LogP contribution is -2.14. The molecule has 1 aliphatic carbocycles. The highest BCUT2D eigenvalue weighted by atomic mass is 79.9. The molecule has 0 spiro atoms. The van der Waals surface area contributed by atoms with Crippen LogP contribution in [0.5, 0.6) is 0 Å². The molecule has 1 fully saturated rings. The summed E-state index contributed by atoms with van der Waals surface area (Å²) in [7, 11) is 0. The SMILES string of the molecule is CCCc1[nH]c(C2CCC2)nc(=S)c1Br. The smallest absolute Gasteiger partial charge is 0.144 e. The summed E-state index contributed by atoms with van der Waals surface area (Å²) in [6.07, 6.45) is 5.99. The Morgan fingerprint density at radius 2 is 2.27 bits per heavy atom. The topological polar surface area (TPSA) is 28.7 Å². The van der Waals surface area contributed by atoms with E-state index in [-0.39, 0.29) is 0 Å². The number of aromatic nitrogens is 2. The number of hydrogen-bond acceptors (Lipinski definition) is 2. The summed E-state index contributed by atoms with van der Waals surface area (Å²) >= 11 is 8.76. The van der Waals surface area contributed by atoms with Crippen LogP contribution in [0.25, 0.3) is 0 Å². The summed E-state index contributed by atoms with van der Waals surface area (Å²) in [5, 5.41) is 0. The Kier molecular flexibility index (Phi) is 3.57. The summed E-state index contributed by atoms with van der Waals surface area (Å²) in [4.78, 5) is 7.88. The Morgan fingerprint density at radius 3 is 2.80 bits per heavy atom. The Morgan fingerprint density at radius 1 is 1.53 bits per heavy atom. The third-order valence-electron chi connectivity index (χ3n) is 2.95. The molecule has 0 atom stereocenters. The van der Waals surface area contributed by atoms with Crippen LogP contribution in [0.3, 0.4) is 0 Å². The summed E-state index contributed by atoms with van der Waals surface area (Å²) in [5.41, 5.74) is 1.21. The molecule has 1 aromatic heterocycles. The molecule has 0 amide bonds. The zero-order valence-electron chi connectivity index (χ0n) is 8.85. The van der Waals surface area contributed by atoms with Crippen molar-refractivity contribution in [2.24, 2.45) is 0 Å². The lowest BCUT2D eigenvalue weighted by Gasteiger charge is -2.25. The molecular formula is C11H15BrN2S. The maximum Gasteiger partial charge on any atom is 0.144 e. The highest BCUT2D eigenvalue weighted by Gasteiger charge is 2.22. The fourth-order valence-electron chi connectivity index (χ4n) is 1.82. The van der Waals surface area contributed by atoms with Crippen LogP contribution in [-0.4, -0.2) is 9.97 Å². The van der Waals surface area contributed by atoms with Gasteiger partial charge in [-0.1, -0.05) is 32.0 Å². The van der Waals surface area contributed by atoms with Crippen LogP contribution in [0.1, 0.15) is 50.0 Å². The predicted octanol–water partition coefficient (Wildman–Crippen LogP) is 4.12. The number of aryl methyl sites for hydroxylation is 1. The number of rotatable bonds is 3. The molecule has 0 radical (unpaired) electrons. The average Bonchev–Trinajstić information content (AvgIpc) is 2.11. The Hall–Kier alpha value is -0.220. The van der Waals surface area contributed by atoms with Crippen LogP contribution in [0.4, 0.5) is 0 Å². The first kappa shape index (κ1) is 11.3. The van der Waals surface area contributed by atoms with Crippen molar-refractivity contribution in [3.05, 3.63) is 20.6 Å². The lowest BCUT2D eigenvalue weighted by molar-refractivity contribution is 0.399. The minimum absolute atomic E-state index is 0.621. The molecule has 0 aromatic carbocycles. The van der Waals surface area contributed by atoms with Gasteiger partial charge in [0, 0.05) is 11.6 Å². The van der Waals surface area contributed by atoms with E-state index in [9.17, 15) is 0 Å². The van der Waals surface area contributed by atoms with Crippen molar-refractivity contribution >= 4 is 28.1 Å². The van der Waals surface area contributed by atoms with Crippen molar-refractivity contribution in [3.63, 3.8) is 0 Å². The molecule has 1 aromatic rings. The van der Waals surface area contributed by atoms with Crippen molar-refractivity contribution in [1.29, 1.82) is 0 Å². The second-order valence-corrected chi connectivity index (χ2v) is 5.28. The Balaban J connectivity index is 2.36. The minimum atomic E-state index is 0.621. The van der Waals surface area contributed by atoms with Crippen LogP contribution < -0.4 is 0 Å². The Bertz CT molecular complexity index is 410. The quantitative estimate of drug-likeness (QED) is 0.847. The lowest BCUT2D eigenvalue weighted by atomic mass is 9.85. The fraction of sp³-hybridized carbons (Fsp3) is 0.636. The van der Waals surface area contributed by atoms with Gasteiger partial charge in [0.2, 0.25) is 0 Å². The maximum atomic E-state index is 5.26. The zero-order chi connectivity index (χ0) is 10.8. The minimum Gasteiger partial charge on any atom is -0.346 e. The monoisotopic (exact) mass is 286 g/mol. The molecule has 1 N–H and O–H groups in total. The number of halogens is 1. The van der Waals surface area contributed by atoms with Crippen molar-refractivity contribution in [3.8, 4) is 0 Å². The van der Waals surface area contributed by atoms with Gasteiger partial charge in [0.05, 0.1) is 4.47 Å². The highest BCUT2D eigenvalue weighted by molar-refractivity contribution is 9.10. The summed E-state index contributed by atoms with van der Waals surface area (Å²) in [6, 6.07) is 0. The van der Waals surface area contributed by atoms with E-state index in [1.54, 1.807) is 0 Å². The summed E-state index contributed by atoms with van der Waals surface area (Å²) in [6.45, 7) is 2.17. The predicted molar refractivity (Wildman–Crippen MR) is 67.7 cm³/mol. The van der Waals surface area contributed by atoms with Gasteiger partial charge in [-0.05, 0) is 35.2 Å². The molecule has 0 bridgehead atoms. The summed E-state index contributed by atoms with van der Waals surface area (Å²) in [5.74, 6) is 1.72. The number of nitrogens with zero attached hydrogens (tertiary/aromatic N) is 1. The first-order chi connectivity index (χ1) is 7.22. The second-order valence-electron chi connectivity index (χ2n) is 4.10. The van der Waals surface area contributed by atoms with E-state index in [4.69, 9.17) is 12.2 Å². The van der Waals surface area contributed by atoms with Crippen molar-refractivity contribution in [2.75, 3.05) is 0 Å². The molecule has 2 nitrogen and oxygen atoms in total. The van der Waals surface area contributed by atoms with Gasteiger partial charge in [-0.2, -0.15) is 0 Å². The van der Waals surface area contributed by atoms with Gasteiger partial charge < -0.3 is 4.98 Å². The molecule has 2 rings (SSSR count). The van der Waals surface area contributed by atoms with Gasteiger partial charge in [-0.15, -0.1) is 0 Å². The molecule has 1 aliphatic rings. The van der Waals surface area contributed by atoms with E-state index in [1.165, 1.54) is 25.0 Å². The van der Waals surface area contributed by atoms with Crippen molar-refractivity contribution in [2.45, 2.75) is 44.9 Å².